The average Bonchev–Trinajstić information content (AvgIpc) is 2.55. The fourth-order valence-corrected chi connectivity index (χ4v) is 20.1. The van der Waals surface area contributed by atoms with E-state index in [1.807, 2.05) is 0 Å². The second-order valence-electron chi connectivity index (χ2n) is 7.71. The summed E-state index contributed by atoms with van der Waals surface area (Å²) in [6.07, 6.45) is 8.06. The average molecular weight is 445 g/mol. The van der Waals surface area contributed by atoms with Gasteiger partial charge in [0.1, 0.15) is 0 Å². The van der Waals surface area contributed by atoms with E-state index in [1.54, 1.807) is 19.0 Å². The van der Waals surface area contributed by atoms with Crippen molar-refractivity contribution >= 4 is 24.4 Å². The van der Waals surface area contributed by atoms with Gasteiger partial charge in [-0.15, -0.1) is 0 Å². The third-order valence-corrected chi connectivity index (χ3v) is 20.7. The Morgan fingerprint density at radius 1 is 1.00 bits per heavy atom. The molecule has 0 rings (SSSR count). The molecule has 0 fully saturated rings. The standard InChI is InChI=1S/C8H15N2O.3C4H9.Sn/c1-6(2)7(3)9-8(11)10(4)5;3*1-3-4-2;/h7H,1-2H2,3-5H3,(H,9,11);3*1,3-4H2,2H3;. The number of urea groups is 1. The number of carbonyl (C=O) groups excluding carboxylic acids is 1. The molecule has 0 saturated carbocycles. The van der Waals surface area contributed by atoms with Gasteiger partial charge in [0.05, 0.1) is 0 Å². The molecule has 2 amide bonds. The SMILES string of the molecule is C=C([CH2][Sn]([CH2]CCC)([CH2]CCC)[CH2]CCC)C(C)NC(=O)N(C)C. The number of carbonyl (C=O) groups is 1. The van der Waals surface area contributed by atoms with Crippen molar-refractivity contribution in [3.05, 3.63) is 12.2 Å². The van der Waals surface area contributed by atoms with Crippen molar-refractivity contribution in [2.24, 2.45) is 0 Å². The van der Waals surface area contributed by atoms with Crippen molar-refractivity contribution in [2.45, 2.75) is 90.0 Å². The zero-order chi connectivity index (χ0) is 18.6. The Morgan fingerprint density at radius 2 is 1.42 bits per heavy atom. The summed E-state index contributed by atoms with van der Waals surface area (Å²) in [5, 5.41) is 3.09. The third kappa shape index (κ3) is 9.33. The fraction of sp³-hybridized carbons (Fsp3) is 0.850. The summed E-state index contributed by atoms with van der Waals surface area (Å²) in [4.78, 5) is 13.5. The molecule has 1 atom stereocenters. The number of nitrogens with one attached hydrogen (secondary N) is 1. The Balaban J connectivity index is 5.02. The van der Waals surface area contributed by atoms with E-state index in [-0.39, 0.29) is 12.1 Å². The van der Waals surface area contributed by atoms with Gasteiger partial charge in [0.15, 0.2) is 0 Å². The van der Waals surface area contributed by atoms with Crippen LogP contribution in [-0.2, 0) is 0 Å². The molecule has 0 aliphatic heterocycles. The van der Waals surface area contributed by atoms with Crippen molar-refractivity contribution in [2.75, 3.05) is 14.1 Å². The second-order valence-corrected chi connectivity index (χ2v) is 21.6. The Morgan fingerprint density at radius 3 is 1.75 bits per heavy atom. The Labute approximate surface area is 155 Å². The number of hydrogen-bond acceptors (Lipinski definition) is 1. The first-order chi connectivity index (χ1) is 11.3. The van der Waals surface area contributed by atoms with Gasteiger partial charge in [-0.1, -0.05) is 0 Å². The molecule has 3 nitrogen and oxygen atoms in total. The van der Waals surface area contributed by atoms with E-state index in [1.165, 1.54) is 61.8 Å². The van der Waals surface area contributed by atoms with Crippen LogP contribution < -0.4 is 5.32 Å². The van der Waals surface area contributed by atoms with Crippen molar-refractivity contribution in [3.8, 4) is 0 Å². The Kier molecular flexibility index (Phi) is 13.0. The van der Waals surface area contributed by atoms with E-state index >= 15 is 0 Å². The van der Waals surface area contributed by atoms with Crippen LogP contribution in [0.25, 0.3) is 0 Å². The second kappa shape index (κ2) is 13.1. The summed E-state index contributed by atoms with van der Waals surface area (Å²) >= 11 is -2.20. The van der Waals surface area contributed by atoms with Gasteiger partial charge in [0, 0.05) is 0 Å². The third-order valence-electron chi connectivity index (χ3n) is 5.14. The normalized spacial score (nSPS) is 12.8. The van der Waals surface area contributed by atoms with Crippen LogP contribution in [0.4, 0.5) is 4.79 Å². The minimum absolute atomic E-state index is 0.0138. The first-order valence-corrected chi connectivity index (χ1v) is 18.0. The van der Waals surface area contributed by atoms with Crippen LogP contribution in [0.2, 0.25) is 17.7 Å². The molecule has 0 heterocycles. The number of unbranched alkanes of at least 4 members (excludes halogenated alkanes) is 3. The zero-order valence-corrected chi connectivity index (χ0v) is 20.1. The fourth-order valence-electron chi connectivity index (χ4n) is 3.35. The molecule has 0 saturated heterocycles. The molecule has 0 aliphatic carbocycles. The van der Waals surface area contributed by atoms with Crippen molar-refractivity contribution < 1.29 is 4.79 Å². The number of nitrogens with zero attached hydrogens (tertiary/aromatic N) is 1. The molecule has 0 aromatic rings. The summed E-state index contributed by atoms with van der Waals surface area (Å²) in [6, 6.07) is 0.0704. The van der Waals surface area contributed by atoms with Crippen LogP contribution >= 0.6 is 0 Å². The molecular weight excluding hydrogens is 403 g/mol. The molecule has 0 spiro atoms. The molecule has 0 aromatic heterocycles. The summed E-state index contributed by atoms with van der Waals surface area (Å²) < 4.78 is 5.75. The Hall–Kier alpha value is -0.191. The molecule has 1 N–H and O–H groups in total. The van der Waals surface area contributed by atoms with Crippen molar-refractivity contribution in [1.82, 2.24) is 10.2 Å². The zero-order valence-electron chi connectivity index (χ0n) is 17.2. The molecule has 24 heavy (non-hydrogen) atoms. The number of hydrogen-bond donors (Lipinski definition) is 1. The van der Waals surface area contributed by atoms with Crippen LogP contribution in [-0.4, -0.2) is 49.4 Å². The number of amides is 2. The van der Waals surface area contributed by atoms with Gasteiger partial charge in [0.25, 0.3) is 0 Å². The van der Waals surface area contributed by atoms with E-state index in [9.17, 15) is 4.79 Å². The first kappa shape index (κ1) is 23.8. The van der Waals surface area contributed by atoms with Gasteiger partial charge in [-0.3, -0.25) is 0 Å². The van der Waals surface area contributed by atoms with E-state index in [0.717, 1.165) is 0 Å². The van der Waals surface area contributed by atoms with Gasteiger partial charge in [-0.2, -0.15) is 0 Å². The minimum atomic E-state index is -2.20. The quantitative estimate of drug-likeness (QED) is 0.272. The van der Waals surface area contributed by atoms with Gasteiger partial charge in [0.2, 0.25) is 0 Å². The van der Waals surface area contributed by atoms with Crippen LogP contribution in [0.1, 0.15) is 66.2 Å². The molecule has 1 unspecified atom stereocenters. The molecule has 0 bridgehead atoms. The van der Waals surface area contributed by atoms with Gasteiger partial charge in [-0.25, -0.2) is 0 Å². The van der Waals surface area contributed by atoms with E-state index in [0.29, 0.717) is 0 Å². The predicted octanol–water partition coefficient (Wildman–Crippen LogP) is 6.05. The van der Waals surface area contributed by atoms with E-state index in [2.05, 4.69) is 39.6 Å². The van der Waals surface area contributed by atoms with Gasteiger partial charge < -0.3 is 0 Å². The van der Waals surface area contributed by atoms with Crippen molar-refractivity contribution in [3.63, 3.8) is 0 Å². The van der Waals surface area contributed by atoms with Crippen LogP contribution in [0, 0.1) is 0 Å². The van der Waals surface area contributed by atoms with Crippen molar-refractivity contribution in [1.29, 1.82) is 0 Å². The number of rotatable bonds is 13. The molecule has 142 valence electrons. The molecule has 4 heteroatoms. The molecule has 0 aromatic carbocycles. The van der Waals surface area contributed by atoms with Crippen LogP contribution in [0.3, 0.4) is 0 Å². The first-order valence-electron chi connectivity index (χ1n) is 9.97. The van der Waals surface area contributed by atoms with Crippen LogP contribution in [0.5, 0.6) is 0 Å². The maximum atomic E-state index is 11.9. The summed E-state index contributed by atoms with van der Waals surface area (Å²) in [5.74, 6) is 0. The maximum absolute atomic E-state index is 11.9. The molecule has 0 radical (unpaired) electrons. The molecular formula is C20H42N2OSn. The molecule has 0 aliphatic rings. The predicted molar refractivity (Wildman–Crippen MR) is 111 cm³/mol. The van der Waals surface area contributed by atoms with Gasteiger partial charge >= 0.3 is 156 Å². The monoisotopic (exact) mass is 446 g/mol. The van der Waals surface area contributed by atoms with Gasteiger partial charge in [-0.05, 0) is 0 Å². The summed E-state index contributed by atoms with van der Waals surface area (Å²) in [5.41, 5.74) is 1.27. The topological polar surface area (TPSA) is 32.3 Å². The summed E-state index contributed by atoms with van der Waals surface area (Å²) in [6.45, 7) is 13.4. The van der Waals surface area contributed by atoms with Crippen LogP contribution in [0.15, 0.2) is 12.2 Å². The summed E-state index contributed by atoms with van der Waals surface area (Å²) in [7, 11) is 3.58. The Bertz CT molecular complexity index is 347. The van der Waals surface area contributed by atoms with E-state index in [4.69, 9.17) is 0 Å². The van der Waals surface area contributed by atoms with E-state index < -0.39 is 18.4 Å².